The highest BCUT2D eigenvalue weighted by Crippen LogP contribution is 2.12. The number of imide groups is 1. The average Bonchev–Trinajstić information content (AvgIpc) is 2.76. The van der Waals surface area contributed by atoms with Crippen molar-refractivity contribution in [2.24, 2.45) is 5.73 Å². The summed E-state index contributed by atoms with van der Waals surface area (Å²) in [5, 5.41) is 4.52. The van der Waals surface area contributed by atoms with Gasteiger partial charge in [-0.05, 0) is 6.54 Å². The molecule has 3 N–H and O–H groups in total. The molecule has 0 atom stereocenters. The van der Waals surface area contributed by atoms with Crippen LogP contribution in [0, 0.1) is 0 Å². The van der Waals surface area contributed by atoms with Crippen molar-refractivity contribution in [1.82, 2.24) is 15.2 Å². The summed E-state index contributed by atoms with van der Waals surface area (Å²) in [6.07, 6.45) is 0.608. The fourth-order valence-corrected chi connectivity index (χ4v) is 2.38. The monoisotopic (exact) mass is 268 g/mol. The van der Waals surface area contributed by atoms with Crippen molar-refractivity contribution in [2.45, 2.75) is 6.42 Å². The Labute approximate surface area is 107 Å². The quantitative estimate of drug-likeness (QED) is 0.666. The van der Waals surface area contributed by atoms with Gasteiger partial charge in [0, 0.05) is 11.8 Å². The summed E-state index contributed by atoms with van der Waals surface area (Å²) < 4.78 is 0. The van der Waals surface area contributed by atoms with Gasteiger partial charge >= 0.3 is 0 Å². The summed E-state index contributed by atoms with van der Waals surface area (Å²) in [6.45, 7) is 0.231. The number of hydrogen-bond donors (Lipinski definition) is 2. The number of nitrogens with two attached hydrogens (primary N) is 1. The van der Waals surface area contributed by atoms with Gasteiger partial charge in [-0.1, -0.05) is 0 Å². The summed E-state index contributed by atoms with van der Waals surface area (Å²) in [5.74, 6) is -1.35. The molecule has 8 heteroatoms. The molecule has 0 aromatic carbocycles. The predicted octanol–water partition coefficient (Wildman–Crippen LogP) is -1.26. The van der Waals surface area contributed by atoms with E-state index in [4.69, 9.17) is 5.73 Å². The Bertz CT molecular complexity index is 483. The lowest BCUT2D eigenvalue weighted by Crippen LogP contribution is -2.53. The maximum absolute atomic E-state index is 12.0. The number of hydrogen-bond acceptors (Lipinski definition) is 6. The fraction of sp³-hybridized carbons (Fsp3) is 0.400. The second-order valence-electron chi connectivity index (χ2n) is 3.80. The Morgan fingerprint density at radius 3 is 2.72 bits per heavy atom. The molecule has 3 amide bonds. The van der Waals surface area contributed by atoms with Crippen molar-refractivity contribution in [2.75, 3.05) is 19.6 Å². The molecule has 2 rings (SSSR count). The molecule has 1 aliphatic rings. The molecule has 1 aliphatic heterocycles. The molecule has 2 heterocycles. The third-order valence-corrected chi connectivity index (χ3v) is 3.27. The van der Waals surface area contributed by atoms with Gasteiger partial charge in [0.1, 0.15) is 18.8 Å². The van der Waals surface area contributed by atoms with Crippen molar-refractivity contribution in [3.63, 3.8) is 0 Å². The second kappa shape index (κ2) is 5.23. The number of rotatable bonds is 3. The molecule has 96 valence electrons. The van der Waals surface area contributed by atoms with Crippen molar-refractivity contribution in [3.05, 3.63) is 16.1 Å². The normalized spacial score (nSPS) is 15.7. The van der Waals surface area contributed by atoms with Crippen LogP contribution in [0.2, 0.25) is 0 Å². The second-order valence-corrected chi connectivity index (χ2v) is 4.74. The molecule has 0 bridgehead atoms. The lowest BCUT2D eigenvalue weighted by atomic mass is 10.3. The number of piperazine rings is 1. The van der Waals surface area contributed by atoms with Gasteiger partial charge in [0.2, 0.25) is 11.8 Å². The van der Waals surface area contributed by atoms with Crippen molar-refractivity contribution in [1.29, 1.82) is 0 Å². The Morgan fingerprint density at radius 2 is 2.11 bits per heavy atom. The third kappa shape index (κ3) is 2.71. The first kappa shape index (κ1) is 12.7. The van der Waals surface area contributed by atoms with E-state index >= 15 is 0 Å². The number of aromatic nitrogens is 1. The lowest BCUT2D eigenvalue weighted by molar-refractivity contribution is -0.135. The largest absolute Gasteiger partial charge is 0.330 e. The minimum absolute atomic E-state index is 0.117. The van der Waals surface area contributed by atoms with E-state index in [2.05, 4.69) is 10.3 Å². The van der Waals surface area contributed by atoms with E-state index in [-0.39, 0.29) is 18.8 Å². The number of nitrogens with one attached hydrogen (secondary N) is 1. The topological polar surface area (TPSA) is 105 Å². The predicted molar refractivity (Wildman–Crippen MR) is 63.9 cm³/mol. The van der Waals surface area contributed by atoms with Gasteiger partial charge in [0.15, 0.2) is 0 Å². The smallest absolute Gasteiger partial charge is 0.274 e. The van der Waals surface area contributed by atoms with Gasteiger partial charge in [0.25, 0.3) is 5.91 Å². The van der Waals surface area contributed by atoms with E-state index in [1.165, 1.54) is 16.2 Å². The number of carbonyl (C=O) groups excluding carboxylic acids is 3. The van der Waals surface area contributed by atoms with E-state index in [1.807, 2.05) is 0 Å². The Balaban J connectivity index is 2.09. The van der Waals surface area contributed by atoms with Gasteiger partial charge in [0.05, 0.1) is 5.01 Å². The molecule has 1 fully saturated rings. The first-order valence-electron chi connectivity index (χ1n) is 5.36. The summed E-state index contributed by atoms with van der Waals surface area (Å²) in [5.41, 5.74) is 5.65. The van der Waals surface area contributed by atoms with E-state index in [9.17, 15) is 14.4 Å². The van der Waals surface area contributed by atoms with E-state index < -0.39 is 17.7 Å². The van der Waals surface area contributed by atoms with Crippen LogP contribution in [0.15, 0.2) is 5.38 Å². The molecule has 0 radical (unpaired) electrons. The standard InChI is InChI=1S/C10H12N4O3S/c11-2-1-9-12-6(5-18-9)10(17)14-3-7(15)13-8(16)4-14/h5H,1-4,11H2,(H,13,15,16). The molecular formula is C10H12N4O3S. The number of thiazole rings is 1. The summed E-state index contributed by atoms with van der Waals surface area (Å²) in [6, 6.07) is 0. The Hall–Kier alpha value is -1.80. The molecule has 1 aromatic heterocycles. The minimum Gasteiger partial charge on any atom is -0.330 e. The zero-order valence-electron chi connectivity index (χ0n) is 9.51. The van der Waals surface area contributed by atoms with E-state index in [1.54, 1.807) is 5.38 Å². The minimum atomic E-state index is -0.475. The zero-order chi connectivity index (χ0) is 13.1. The number of amides is 3. The van der Waals surface area contributed by atoms with Crippen molar-refractivity contribution < 1.29 is 14.4 Å². The molecule has 0 saturated carbocycles. The van der Waals surface area contributed by atoms with E-state index in [0.29, 0.717) is 13.0 Å². The van der Waals surface area contributed by atoms with Gasteiger partial charge in [-0.25, -0.2) is 4.98 Å². The van der Waals surface area contributed by atoms with Crippen LogP contribution in [0.5, 0.6) is 0 Å². The van der Waals surface area contributed by atoms with Crippen LogP contribution in [0.25, 0.3) is 0 Å². The van der Waals surface area contributed by atoms with Crippen LogP contribution >= 0.6 is 11.3 Å². The van der Waals surface area contributed by atoms with Crippen LogP contribution in [0.1, 0.15) is 15.5 Å². The number of nitrogens with zero attached hydrogens (tertiary/aromatic N) is 2. The van der Waals surface area contributed by atoms with Gasteiger partial charge in [-0.15, -0.1) is 11.3 Å². The molecule has 1 aromatic rings. The summed E-state index contributed by atoms with van der Waals surface area (Å²) in [7, 11) is 0. The average molecular weight is 268 g/mol. The molecule has 1 saturated heterocycles. The molecule has 18 heavy (non-hydrogen) atoms. The van der Waals surface area contributed by atoms with Crippen molar-refractivity contribution >= 4 is 29.1 Å². The number of carbonyl (C=O) groups is 3. The lowest BCUT2D eigenvalue weighted by Gasteiger charge is -2.24. The summed E-state index contributed by atoms with van der Waals surface area (Å²) in [4.78, 5) is 39.7. The third-order valence-electron chi connectivity index (χ3n) is 2.36. The van der Waals surface area contributed by atoms with Gasteiger partial charge in [-0.3, -0.25) is 19.7 Å². The molecular weight excluding hydrogens is 256 g/mol. The summed E-state index contributed by atoms with van der Waals surface area (Å²) >= 11 is 1.34. The van der Waals surface area contributed by atoms with Crippen LogP contribution < -0.4 is 11.1 Å². The highest BCUT2D eigenvalue weighted by Gasteiger charge is 2.28. The Kier molecular flexibility index (Phi) is 3.68. The van der Waals surface area contributed by atoms with E-state index in [0.717, 1.165) is 5.01 Å². The molecule has 7 nitrogen and oxygen atoms in total. The molecule has 0 spiro atoms. The highest BCUT2D eigenvalue weighted by molar-refractivity contribution is 7.09. The molecule has 0 aliphatic carbocycles. The van der Waals surface area contributed by atoms with Gasteiger partial charge in [-0.2, -0.15) is 0 Å². The van der Waals surface area contributed by atoms with Crippen LogP contribution in [0.3, 0.4) is 0 Å². The highest BCUT2D eigenvalue weighted by atomic mass is 32.1. The van der Waals surface area contributed by atoms with Gasteiger partial charge < -0.3 is 10.6 Å². The maximum atomic E-state index is 12.0. The van der Waals surface area contributed by atoms with Crippen LogP contribution in [-0.2, 0) is 16.0 Å². The van der Waals surface area contributed by atoms with Crippen LogP contribution in [0.4, 0.5) is 0 Å². The Morgan fingerprint density at radius 1 is 1.44 bits per heavy atom. The van der Waals surface area contributed by atoms with Crippen LogP contribution in [-0.4, -0.2) is 47.2 Å². The van der Waals surface area contributed by atoms with Crippen molar-refractivity contribution in [3.8, 4) is 0 Å². The zero-order valence-corrected chi connectivity index (χ0v) is 10.3. The molecule has 0 unspecified atom stereocenters. The maximum Gasteiger partial charge on any atom is 0.274 e. The fourth-order valence-electron chi connectivity index (χ4n) is 1.59. The first-order chi connectivity index (χ1) is 8.60. The first-order valence-corrected chi connectivity index (χ1v) is 6.24. The SMILES string of the molecule is NCCc1nc(C(=O)N2CC(=O)NC(=O)C2)cs1.